The normalized spacial score (nSPS) is 22.5. The molecule has 1 aromatic carbocycles. The minimum Gasteiger partial charge on any atom is -0.396 e. The number of anilines is 1. The van der Waals surface area contributed by atoms with Crippen LogP contribution < -0.4 is 11.1 Å². The molecule has 0 radical (unpaired) electrons. The number of hydrogen-bond acceptors (Lipinski definition) is 4. The van der Waals surface area contributed by atoms with Gasteiger partial charge in [0.1, 0.15) is 11.4 Å². The number of amides is 1. The minimum atomic E-state index is -1.03. The lowest BCUT2D eigenvalue weighted by molar-refractivity contribution is 0.0264. The Balaban J connectivity index is 2.06. The number of nitrogen functional groups attached to an aromatic ring is 1. The van der Waals surface area contributed by atoms with Crippen LogP contribution in [0.5, 0.6) is 0 Å². The van der Waals surface area contributed by atoms with E-state index in [1.807, 2.05) is 0 Å². The van der Waals surface area contributed by atoms with Crippen LogP contribution in [0, 0.1) is 5.82 Å². The maximum atomic E-state index is 13.2. The first-order valence-electron chi connectivity index (χ1n) is 5.74. The first kappa shape index (κ1) is 14.2. The molecule has 2 rings (SSSR count). The number of halogens is 2. The SMILES string of the molecule is Nc1cc(C(=O)NCC2(O)CCOC2)c(Br)cc1F. The van der Waals surface area contributed by atoms with Crippen molar-refractivity contribution in [2.24, 2.45) is 0 Å². The molecule has 1 aliphatic heterocycles. The fraction of sp³-hybridized carbons (Fsp3) is 0.417. The van der Waals surface area contributed by atoms with E-state index in [1.165, 1.54) is 6.07 Å². The Morgan fingerprint density at radius 2 is 2.37 bits per heavy atom. The van der Waals surface area contributed by atoms with Gasteiger partial charge in [0, 0.05) is 24.0 Å². The van der Waals surface area contributed by atoms with E-state index in [0.29, 0.717) is 17.5 Å². The van der Waals surface area contributed by atoms with Crippen LogP contribution in [0.1, 0.15) is 16.8 Å². The highest BCUT2D eigenvalue weighted by molar-refractivity contribution is 9.10. The summed E-state index contributed by atoms with van der Waals surface area (Å²) in [6.07, 6.45) is 0.472. The van der Waals surface area contributed by atoms with Crippen LogP contribution in [0.15, 0.2) is 16.6 Å². The van der Waals surface area contributed by atoms with Gasteiger partial charge in [-0.25, -0.2) is 4.39 Å². The van der Waals surface area contributed by atoms with Crippen molar-refractivity contribution >= 4 is 27.5 Å². The Bertz CT molecular complexity index is 504. The van der Waals surface area contributed by atoms with Crippen LogP contribution in [0.4, 0.5) is 10.1 Å². The first-order valence-corrected chi connectivity index (χ1v) is 6.53. The molecule has 1 aromatic rings. The van der Waals surface area contributed by atoms with E-state index < -0.39 is 17.3 Å². The summed E-state index contributed by atoms with van der Waals surface area (Å²) in [6, 6.07) is 2.39. The van der Waals surface area contributed by atoms with Gasteiger partial charge in [-0.15, -0.1) is 0 Å². The molecule has 1 saturated heterocycles. The average molecular weight is 333 g/mol. The van der Waals surface area contributed by atoms with Gasteiger partial charge in [0.05, 0.1) is 17.9 Å². The summed E-state index contributed by atoms with van der Waals surface area (Å²) in [6.45, 7) is 0.745. The van der Waals surface area contributed by atoms with Crippen LogP contribution in [-0.4, -0.2) is 36.4 Å². The van der Waals surface area contributed by atoms with Gasteiger partial charge in [0.2, 0.25) is 0 Å². The van der Waals surface area contributed by atoms with Crippen LogP contribution in [-0.2, 0) is 4.74 Å². The summed E-state index contributed by atoms with van der Waals surface area (Å²) in [5, 5.41) is 12.6. The predicted molar refractivity (Wildman–Crippen MR) is 71.2 cm³/mol. The van der Waals surface area contributed by atoms with Crippen molar-refractivity contribution in [2.45, 2.75) is 12.0 Å². The summed E-state index contributed by atoms with van der Waals surface area (Å²) in [4.78, 5) is 12.0. The number of nitrogens with one attached hydrogen (secondary N) is 1. The Kier molecular flexibility index (Phi) is 4.07. The van der Waals surface area contributed by atoms with E-state index in [9.17, 15) is 14.3 Å². The van der Waals surface area contributed by atoms with E-state index in [-0.39, 0.29) is 24.4 Å². The molecule has 1 fully saturated rings. The summed E-state index contributed by atoms with van der Waals surface area (Å²) >= 11 is 3.11. The smallest absolute Gasteiger partial charge is 0.252 e. The first-order chi connectivity index (χ1) is 8.91. The fourth-order valence-electron chi connectivity index (χ4n) is 1.82. The summed E-state index contributed by atoms with van der Waals surface area (Å²) < 4.78 is 18.6. The monoisotopic (exact) mass is 332 g/mol. The second-order valence-electron chi connectivity index (χ2n) is 4.56. The second-order valence-corrected chi connectivity index (χ2v) is 5.42. The van der Waals surface area contributed by atoms with Gasteiger partial charge in [-0.05, 0) is 28.1 Å². The number of benzene rings is 1. The van der Waals surface area contributed by atoms with Crippen molar-refractivity contribution in [3.05, 3.63) is 28.0 Å². The molecule has 19 heavy (non-hydrogen) atoms. The van der Waals surface area contributed by atoms with Crippen molar-refractivity contribution in [1.82, 2.24) is 5.32 Å². The molecule has 1 amide bonds. The molecule has 7 heteroatoms. The molecule has 0 bridgehead atoms. The Morgan fingerprint density at radius 1 is 1.63 bits per heavy atom. The summed E-state index contributed by atoms with van der Waals surface area (Å²) in [5.74, 6) is -1.02. The maximum Gasteiger partial charge on any atom is 0.252 e. The lowest BCUT2D eigenvalue weighted by Gasteiger charge is -2.20. The predicted octanol–water partition coefficient (Wildman–Crippen LogP) is 1.05. The van der Waals surface area contributed by atoms with Crippen LogP contribution >= 0.6 is 15.9 Å². The standard InChI is InChI=1S/C12H14BrFN2O3/c13-8-4-9(14)10(15)3-7(8)11(17)16-5-12(18)1-2-19-6-12/h3-4,18H,1-2,5-6,15H2,(H,16,17). The van der Waals surface area contributed by atoms with Crippen LogP contribution in [0.2, 0.25) is 0 Å². The molecule has 0 aliphatic carbocycles. The molecule has 1 heterocycles. The number of carbonyl (C=O) groups excluding carboxylic acids is 1. The lowest BCUT2D eigenvalue weighted by Crippen LogP contribution is -2.43. The molecule has 104 valence electrons. The van der Waals surface area contributed by atoms with Crippen LogP contribution in [0.3, 0.4) is 0 Å². The van der Waals surface area contributed by atoms with Crippen molar-refractivity contribution in [3.63, 3.8) is 0 Å². The van der Waals surface area contributed by atoms with E-state index in [2.05, 4.69) is 21.2 Å². The zero-order chi connectivity index (χ0) is 14.0. The largest absolute Gasteiger partial charge is 0.396 e. The van der Waals surface area contributed by atoms with E-state index in [1.54, 1.807) is 0 Å². The Morgan fingerprint density at radius 3 is 3.00 bits per heavy atom. The minimum absolute atomic E-state index is 0.0789. The van der Waals surface area contributed by atoms with Gasteiger partial charge >= 0.3 is 0 Å². The van der Waals surface area contributed by atoms with E-state index >= 15 is 0 Å². The molecule has 4 N–H and O–H groups in total. The number of aliphatic hydroxyl groups is 1. The zero-order valence-corrected chi connectivity index (χ0v) is 11.7. The zero-order valence-electron chi connectivity index (χ0n) is 10.1. The number of hydrogen-bond donors (Lipinski definition) is 3. The average Bonchev–Trinajstić information content (AvgIpc) is 2.78. The van der Waals surface area contributed by atoms with Gasteiger partial charge in [-0.3, -0.25) is 4.79 Å². The number of carbonyl (C=O) groups is 1. The molecule has 5 nitrogen and oxygen atoms in total. The number of ether oxygens (including phenoxy) is 1. The summed E-state index contributed by atoms with van der Waals surface area (Å²) in [5.41, 5.74) is 4.52. The summed E-state index contributed by atoms with van der Waals surface area (Å²) in [7, 11) is 0. The number of rotatable bonds is 3. The molecular formula is C12H14BrFN2O3. The quantitative estimate of drug-likeness (QED) is 0.722. The van der Waals surface area contributed by atoms with Crippen molar-refractivity contribution in [2.75, 3.05) is 25.5 Å². The van der Waals surface area contributed by atoms with Gasteiger partial charge in [0.15, 0.2) is 0 Å². The third-order valence-corrected chi connectivity index (χ3v) is 3.65. The second kappa shape index (κ2) is 5.44. The van der Waals surface area contributed by atoms with Crippen molar-refractivity contribution in [1.29, 1.82) is 0 Å². The molecule has 1 atom stereocenters. The fourth-order valence-corrected chi connectivity index (χ4v) is 2.31. The lowest BCUT2D eigenvalue weighted by atomic mass is 10.0. The Labute approximate surface area is 118 Å². The molecule has 0 aromatic heterocycles. The molecule has 0 saturated carbocycles. The third kappa shape index (κ3) is 3.23. The van der Waals surface area contributed by atoms with Gasteiger partial charge < -0.3 is 20.9 Å². The Hall–Kier alpha value is -1.18. The van der Waals surface area contributed by atoms with E-state index in [0.717, 1.165) is 6.07 Å². The molecule has 1 aliphatic rings. The van der Waals surface area contributed by atoms with Gasteiger partial charge in [-0.2, -0.15) is 0 Å². The molecule has 0 spiro atoms. The molecule has 1 unspecified atom stereocenters. The van der Waals surface area contributed by atoms with Gasteiger partial charge in [-0.1, -0.05) is 0 Å². The number of nitrogens with two attached hydrogens (primary N) is 1. The maximum absolute atomic E-state index is 13.2. The van der Waals surface area contributed by atoms with Crippen molar-refractivity contribution in [3.8, 4) is 0 Å². The van der Waals surface area contributed by atoms with Crippen LogP contribution in [0.25, 0.3) is 0 Å². The molecular weight excluding hydrogens is 319 g/mol. The van der Waals surface area contributed by atoms with Crippen molar-refractivity contribution < 1.29 is 19.0 Å². The highest BCUT2D eigenvalue weighted by Gasteiger charge is 2.32. The highest BCUT2D eigenvalue weighted by Crippen LogP contribution is 2.23. The van der Waals surface area contributed by atoms with Gasteiger partial charge in [0.25, 0.3) is 5.91 Å². The topological polar surface area (TPSA) is 84.6 Å². The third-order valence-electron chi connectivity index (χ3n) is 2.99. The highest BCUT2D eigenvalue weighted by atomic mass is 79.9. The van der Waals surface area contributed by atoms with E-state index in [4.69, 9.17) is 10.5 Å².